The van der Waals surface area contributed by atoms with Crippen molar-refractivity contribution in [2.45, 2.75) is 6.54 Å². The van der Waals surface area contributed by atoms with E-state index in [9.17, 15) is 19.7 Å². The fraction of sp³-hybridized carbons (Fsp3) is 0.100. The van der Waals surface area contributed by atoms with Gasteiger partial charge in [-0.25, -0.2) is 4.98 Å². The SMILES string of the molecule is O=C(COc1ccc([N+](=O)[O-])cc1C=C1SC(=S)N(Cc2ccco2)C1=O)Nc1nccs1. The van der Waals surface area contributed by atoms with Crippen LogP contribution in [0.3, 0.4) is 0 Å². The molecule has 168 valence electrons. The van der Waals surface area contributed by atoms with E-state index in [1.165, 1.54) is 46.8 Å². The molecule has 1 aliphatic heterocycles. The minimum Gasteiger partial charge on any atom is -0.483 e. The third-order valence-corrected chi connectivity index (χ3v) is 6.36. The molecule has 0 saturated carbocycles. The molecular weight excluding hydrogens is 488 g/mol. The lowest BCUT2D eigenvalue weighted by molar-refractivity contribution is -0.384. The maximum Gasteiger partial charge on any atom is 0.270 e. The van der Waals surface area contributed by atoms with Gasteiger partial charge in [0.25, 0.3) is 17.5 Å². The summed E-state index contributed by atoms with van der Waals surface area (Å²) in [7, 11) is 0. The Kier molecular flexibility index (Phi) is 6.82. The number of nitro benzene ring substituents is 1. The summed E-state index contributed by atoms with van der Waals surface area (Å²) in [6.07, 6.45) is 4.51. The van der Waals surface area contributed by atoms with Gasteiger partial charge in [0, 0.05) is 29.3 Å². The third kappa shape index (κ3) is 5.45. The summed E-state index contributed by atoms with van der Waals surface area (Å²) < 4.78 is 11.2. The summed E-state index contributed by atoms with van der Waals surface area (Å²) in [5, 5.41) is 16.0. The summed E-state index contributed by atoms with van der Waals surface area (Å²) in [6, 6.07) is 7.34. The molecule has 1 N–H and O–H groups in total. The van der Waals surface area contributed by atoms with Crippen molar-refractivity contribution in [1.82, 2.24) is 9.88 Å². The average molecular weight is 503 g/mol. The lowest BCUT2D eigenvalue weighted by atomic mass is 10.1. The Morgan fingerprint density at radius 3 is 2.94 bits per heavy atom. The molecule has 1 fully saturated rings. The molecule has 4 rings (SSSR count). The highest BCUT2D eigenvalue weighted by molar-refractivity contribution is 8.26. The van der Waals surface area contributed by atoms with Gasteiger partial charge in [-0.2, -0.15) is 0 Å². The Hall–Kier alpha value is -3.55. The molecule has 1 aliphatic rings. The lowest BCUT2D eigenvalue weighted by Crippen LogP contribution is -2.27. The Labute approximate surface area is 200 Å². The predicted molar refractivity (Wildman–Crippen MR) is 127 cm³/mol. The van der Waals surface area contributed by atoms with Crippen LogP contribution in [0.5, 0.6) is 5.75 Å². The Morgan fingerprint density at radius 2 is 2.24 bits per heavy atom. The lowest BCUT2D eigenvalue weighted by Gasteiger charge is -2.12. The van der Waals surface area contributed by atoms with Gasteiger partial charge in [0.1, 0.15) is 15.8 Å². The standard InChI is InChI=1S/C20H14N4O6S3/c25-17(22-19-21-5-7-32-19)11-30-15-4-3-13(24(27)28)8-12(15)9-16-18(26)23(20(31)33-16)10-14-2-1-6-29-14/h1-9H,10-11H2,(H,21,22,25). The number of nitrogens with zero attached hydrogens (tertiary/aromatic N) is 3. The van der Waals surface area contributed by atoms with Crippen LogP contribution in [0.15, 0.2) is 57.5 Å². The van der Waals surface area contributed by atoms with E-state index >= 15 is 0 Å². The predicted octanol–water partition coefficient (Wildman–Crippen LogP) is 4.06. The van der Waals surface area contributed by atoms with Crippen molar-refractivity contribution in [1.29, 1.82) is 0 Å². The number of anilines is 1. The highest BCUT2D eigenvalue weighted by Crippen LogP contribution is 2.36. The summed E-state index contributed by atoms with van der Waals surface area (Å²) >= 11 is 7.63. The number of ether oxygens (including phenoxy) is 1. The minimum atomic E-state index is -0.557. The number of nitrogens with one attached hydrogen (secondary N) is 1. The first-order valence-electron chi connectivity index (χ1n) is 9.29. The summed E-state index contributed by atoms with van der Waals surface area (Å²) in [6.45, 7) is -0.179. The zero-order valence-corrected chi connectivity index (χ0v) is 19.1. The first-order chi connectivity index (χ1) is 15.9. The van der Waals surface area contributed by atoms with Crippen molar-refractivity contribution in [3.05, 3.63) is 74.5 Å². The van der Waals surface area contributed by atoms with Crippen LogP contribution in [0.4, 0.5) is 10.8 Å². The van der Waals surface area contributed by atoms with Crippen LogP contribution in [0, 0.1) is 10.1 Å². The first-order valence-corrected chi connectivity index (χ1v) is 11.4. The maximum atomic E-state index is 12.9. The van der Waals surface area contributed by atoms with E-state index < -0.39 is 10.8 Å². The zero-order valence-electron chi connectivity index (χ0n) is 16.6. The van der Waals surface area contributed by atoms with Crippen LogP contribution in [-0.2, 0) is 16.1 Å². The van der Waals surface area contributed by atoms with Crippen molar-refractivity contribution in [3.8, 4) is 5.75 Å². The number of hydrogen-bond acceptors (Lipinski definition) is 10. The molecule has 1 saturated heterocycles. The number of non-ortho nitro benzene ring substituents is 1. The van der Waals surface area contributed by atoms with Crippen LogP contribution in [0.25, 0.3) is 6.08 Å². The summed E-state index contributed by atoms with van der Waals surface area (Å²) in [4.78, 5) is 41.3. The Balaban J connectivity index is 1.55. The van der Waals surface area contributed by atoms with Gasteiger partial charge in [-0.1, -0.05) is 24.0 Å². The molecule has 3 heterocycles. The van der Waals surface area contributed by atoms with Gasteiger partial charge in [-0.3, -0.25) is 29.9 Å². The van der Waals surface area contributed by atoms with Crippen molar-refractivity contribution in [3.63, 3.8) is 0 Å². The van der Waals surface area contributed by atoms with Crippen molar-refractivity contribution in [2.24, 2.45) is 0 Å². The highest BCUT2D eigenvalue weighted by atomic mass is 32.2. The van der Waals surface area contributed by atoms with Gasteiger partial charge in [0.15, 0.2) is 11.7 Å². The number of hydrogen-bond donors (Lipinski definition) is 1. The molecule has 0 atom stereocenters. The first kappa shape index (κ1) is 22.6. The third-order valence-electron chi connectivity index (χ3n) is 4.30. The van der Waals surface area contributed by atoms with Gasteiger partial charge >= 0.3 is 0 Å². The number of benzene rings is 1. The van der Waals surface area contributed by atoms with Crippen molar-refractivity contribution >= 4 is 68.3 Å². The van der Waals surface area contributed by atoms with Crippen LogP contribution in [0.2, 0.25) is 0 Å². The molecule has 33 heavy (non-hydrogen) atoms. The molecule has 0 bridgehead atoms. The van der Waals surface area contributed by atoms with Crippen LogP contribution >= 0.6 is 35.3 Å². The number of nitro groups is 1. The van der Waals surface area contributed by atoms with Crippen LogP contribution in [0.1, 0.15) is 11.3 Å². The second kappa shape index (κ2) is 9.94. The van der Waals surface area contributed by atoms with E-state index in [0.29, 0.717) is 15.2 Å². The van der Waals surface area contributed by atoms with Crippen molar-refractivity contribution < 1.29 is 23.7 Å². The number of furan rings is 1. The molecule has 2 amide bonds. The monoisotopic (exact) mass is 502 g/mol. The smallest absolute Gasteiger partial charge is 0.270 e. The summed E-state index contributed by atoms with van der Waals surface area (Å²) in [5.74, 6) is -0.0382. The molecule has 3 aromatic rings. The largest absolute Gasteiger partial charge is 0.483 e. The van der Waals surface area contributed by atoms with Crippen LogP contribution < -0.4 is 10.1 Å². The number of thiocarbonyl (C=S) groups is 1. The number of aromatic nitrogens is 1. The van der Waals surface area contributed by atoms with Crippen molar-refractivity contribution in [2.75, 3.05) is 11.9 Å². The molecule has 0 aliphatic carbocycles. The van der Waals surface area contributed by atoms with Crippen LogP contribution in [-0.4, -0.2) is 37.5 Å². The van der Waals surface area contributed by atoms with E-state index in [1.54, 1.807) is 23.7 Å². The minimum absolute atomic E-state index is 0.171. The average Bonchev–Trinajstić information content (AvgIpc) is 3.53. The van der Waals surface area contributed by atoms with E-state index in [4.69, 9.17) is 21.4 Å². The molecule has 0 radical (unpaired) electrons. The highest BCUT2D eigenvalue weighted by Gasteiger charge is 2.33. The van der Waals surface area contributed by atoms with E-state index in [0.717, 1.165) is 11.8 Å². The molecule has 13 heteroatoms. The molecular formula is C20H14N4O6S3. The number of amides is 2. The Bertz CT molecular complexity index is 1240. The second-order valence-corrected chi connectivity index (χ2v) is 9.07. The topological polar surface area (TPSA) is 128 Å². The quantitative estimate of drug-likeness (QED) is 0.210. The fourth-order valence-electron chi connectivity index (χ4n) is 2.81. The molecule has 0 unspecified atom stereocenters. The van der Waals surface area contributed by atoms with Gasteiger partial charge in [-0.05, 0) is 24.3 Å². The number of thiazole rings is 1. The van der Waals surface area contributed by atoms with E-state index in [1.807, 2.05) is 0 Å². The van der Waals surface area contributed by atoms with Gasteiger partial charge in [0.2, 0.25) is 0 Å². The molecule has 1 aromatic carbocycles. The van der Waals surface area contributed by atoms with Gasteiger partial charge in [0.05, 0.1) is 22.6 Å². The number of carbonyl (C=O) groups is 2. The maximum absolute atomic E-state index is 12.9. The fourth-order valence-corrected chi connectivity index (χ4v) is 4.60. The van der Waals surface area contributed by atoms with Gasteiger partial charge in [-0.15, -0.1) is 11.3 Å². The normalized spacial score (nSPS) is 14.7. The zero-order chi connectivity index (χ0) is 23.4. The van der Waals surface area contributed by atoms with E-state index in [-0.39, 0.29) is 41.0 Å². The Morgan fingerprint density at radius 1 is 1.39 bits per heavy atom. The number of carbonyl (C=O) groups excluding carboxylic acids is 2. The number of thioether (sulfide) groups is 1. The molecule has 0 spiro atoms. The van der Waals surface area contributed by atoms with E-state index in [2.05, 4.69) is 10.3 Å². The summed E-state index contributed by atoms with van der Waals surface area (Å²) in [5.41, 5.74) is 0.0802. The van der Waals surface area contributed by atoms with Gasteiger partial charge < -0.3 is 9.15 Å². The molecule has 10 nitrogen and oxygen atoms in total. The number of rotatable bonds is 8. The molecule has 2 aromatic heterocycles. The second-order valence-electron chi connectivity index (χ2n) is 6.50.